The fraction of sp³-hybridized carbons (Fsp3) is 0.600. The molecule has 0 fully saturated rings. The van der Waals surface area contributed by atoms with Crippen LogP contribution >= 0.6 is 9.39 Å². The van der Waals surface area contributed by atoms with E-state index in [0.717, 1.165) is 6.54 Å². The van der Waals surface area contributed by atoms with Crippen molar-refractivity contribution in [2.24, 2.45) is 0 Å². The summed E-state index contributed by atoms with van der Waals surface area (Å²) in [6.07, 6.45) is 0. The van der Waals surface area contributed by atoms with E-state index in [-0.39, 0.29) is 32.7 Å². The Morgan fingerprint density at radius 1 is 1.75 bits per heavy atom. The van der Waals surface area contributed by atoms with Gasteiger partial charge in [-0.2, -0.15) is 0 Å². The minimum atomic E-state index is 0. The molecular weight excluding hydrogens is 194 g/mol. The van der Waals surface area contributed by atoms with Crippen molar-refractivity contribution in [1.29, 1.82) is 0 Å². The second-order valence-corrected chi connectivity index (χ2v) is 2.25. The Bertz CT molecular complexity index is 49.7. The van der Waals surface area contributed by atoms with Crippen LogP contribution in [0.4, 0.5) is 0 Å². The van der Waals surface area contributed by atoms with Gasteiger partial charge in [-0.1, -0.05) is 16.3 Å². The molecule has 0 heterocycles. The molecule has 0 amide bonds. The van der Waals surface area contributed by atoms with Gasteiger partial charge in [-0.3, -0.25) is 0 Å². The van der Waals surface area contributed by atoms with Crippen LogP contribution in [0.5, 0.6) is 0 Å². The minimum Gasteiger partial charge on any atom is -0.344 e. The van der Waals surface area contributed by atoms with E-state index in [2.05, 4.69) is 23.2 Å². The van der Waals surface area contributed by atoms with Gasteiger partial charge < -0.3 is 18.5 Å². The molecule has 0 aromatic heterocycles. The molecule has 0 aliphatic carbocycles. The van der Waals surface area contributed by atoms with Crippen LogP contribution in [0.25, 0.3) is 0 Å². The first-order valence-corrected chi connectivity index (χ1v) is 2.83. The van der Waals surface area contributed by atoms with Gasteiger partial charge in [0.1, 0.15) is 0 Å². The van der Waals surface area contributed by atoms with Crippen LogP contribution < -0.4 is 0 Å². The summed E-state index contributed by atoms with van der Waals surface area (Å²) in [5, 5.41) is 0. The van der Waals surface area contributed by atoms with Gasteiger partial charge in [0.25, 0.3) is 0 Å². The summed E-state index contributed by atoms with van der Waals surface area (Å²) in [5.41, 5.74) is 0. The Kier molecular flexibility index (Phi) is 10.1. The molecular formula is C5H12NPY-2. The normalized spacial score (nSPS) is 13.1. The zero-order chi connectivity index (χ0) is 5.86. The van der Waals surface area contributed by atoms with Gasteiger partial charge in [-0.25, -0.2) is 0 Å². The quantitative estimate of drug-likeness (QED) is 0.483. The number of hydrogen-bond acceptors (Lipinski definition) is 1. The molecule has 0 bridgehead atoms. The summed E-state index contributed by atoms with van der Waals surface area (Å²) < 4.78 is 1.99. The van der Waals surface area contributed by atoms with Crippen LogP contribution in [0.15, 0.2) is 0 Å². The maximum Gasteiger partial charge on any atom is 0 e. The molecule has 2 unspecified atom stereocenters. The molecule has 0 spiro atoms. The Hall–Kier alpha value is 1.49. The van der Waals surface area contributed by atoms with Crippen molar-refractivity contribution >= 4 is 9.39 Å². The third kappa shape index (κ3) is 5.63. The Balaban J connectivity index is 0. The molecule has 47 valence electrons. The smallest absolute Gasteiger partial charge is 0 e. The average molecular weight is 206 g/mol. The minimum absolute atomic E-state index is 0. The summed E-state index contributed by atoms with van der Waals surface area (Å²) in [4.78, 5) is 0. The van der Waals surface area contributed by atoms with E-state index in [1.165, 1.54) is 0 Å². The van der Waals surface area contributed by atoms with E-state index in [9.17, 15) is 0 Å². The predicted octanol–water partition coefficient (Wildman–Crippen LogP) is 1.13. The van der Waals surface area contributed by atoms with Gasteiger partial charge in [-0.05, 0) is 0 Å². The van der Waals surface area contributed by atoms with E-state index < -0.39 is 0 Å². The van der Waals surface area contributed by atoms with Gasteiger partial charge in [0.15, 0.2) is 0 Å². The molecule has 8 heavy (non-hydrogen) atoms. The molecule has 0 saturated carbocycles. The van der Waals surface area contributed by atoms with Gasteiger partial charge in [0.2, 0.25) is 0 Å². The van der Waals surface area contributed by atoms with Crippen molar-refractivity contribution in [3.8, 4) is 0 Å². The fourth-order valence-corrected chi connectivity index (χ4v) is 0.220. The summed E-state index contributed by atoms with van der Waals surface area (Å²) in [6, 6.07) is 0.350. The van der Waals surface area contributed by atoms with E-state index in [0.29, 0.717) is 6.04 Å². The van der Waals surface area contributed by atoms with E-state index >= 15 is 0 Å². The van der Waals surface area contributed by atoms with E-state index in [1.54, 1.807) is 0 Å². The monoisotopic (exact) mass is 206 g/mol. The molecule has 0 N–H and O–H groups in total. The summed E-state index contributed by atoms with van der Waals surface area (Å²) in [7, 11) is 2.56. The molecule has 0 aliphatic rings. The van der Waals surface area contributed by atoms with Crippen LogP contribution in [0, 0.1) is 13.8 Å². The molecule has 1 nitrogen and oxygen atoms in total. The SMILES string of the molecule is [CH2-]CN(P)C([CH2-])C.[Y]. The van der Waals surface area contributed by atoms with E-state index in [4.69, 9.17) is 0 Å². The van der Waals surface area contributed by atoms with Crippen LogP contribution in [0.1, 0.15) is 6.92 Å². The molecule has 0 aliphatic heterocycles. The standard InChI is InChI=1S/C5H12NP.Y/c1-4-6(7)5(2)3;/h5H,1-2,4,7H2,3H3;/q-2;. The van der Waals surface area contributed by atoms with Crippen LogP contribution in [0.2, 0.25) is 0 Å². The molecule has 1 radical (unpaired) electrons. The van der Waals surface area contributed by atoms with E-state index in [1.807, 2.05) is 11.6 Å². The number of rotatable bonds is 2. The van der Waals surface area contributed by atoms with Gasteiger partial charge >= 0.3 is 0 Å². The molecule has 0 saturated heterocycles. The molecule has 0 rings (SSSR count). The Morgan fingerprint density at radius 3 is 2.12 bits per heavy atom. The van der Waals surface area contributed by atoms with Crippen LogP contribution in [0.3, 0.4) is 0 Å². The summed E-state index contributed by atoms with van der Waals surface area (Å²) in [5.74, 6) is 0. The fourth-order valence-electron chi connectivity index (χ4n) is 0.220. The second kappa shape index (κ2) is 6.61. The largest absolute Gasteiger partial charge is 0.344 e. The predicted molar refractivity (Wildman–Crippen MR) is 36.6 cm³/mol. The first kappa shape index (κ1) is 12.2. The first-order chi connectivity index (χ1) is 3.18. The van der Waals surface area contributed by atoms with Gasteiger partial charge in [0.05, 0.1) is 0 Å². The van der Waals surface area contributed by atoms with Crippen molar-refractivity contribution in [1.82, 2.24) is 4.67 Å². The maximum atomic E-state index is 3.77. The maximum absolute atomic E-state index is 3.77. The topological polar surface area (TPSA) is 3.24 Å². The van der Waals surface area contributed by atoms with Crippen molar-refractivity contribution < 1.29 is 32.7 Å². The first-order valence-electron chi connectivity index (χ1n) is 2.32. The van der Waals surface area contributed by atoms with Gasteiger partial charge in [0, 0.05) is 32.7 Å². The van der Waals surface area contributed by atoms with Crippen molar-refractivity contribution in [2.45, 2.75) is 13.0 Å². The number of hydrogen-bond donors (Lipinski definition) is 0. The second-order valence-electron chi connectivity index (χ2n) is 1.59. The Labute approximate surface area is 79.7 Å². The van der Waals surface area contributed by atoms with Crippen molar-refractivity contribution in [3.63, 3.8) is 0 Å². The zero-order valence-corrected chi connectivity index (χ0v) is 9.29. The third-order valence-corrected chi connectivity index (χ3v) is 1.59. The van der Waals surface area contributed by atoms with Crippen molar-refractivity contribution in [3.05, 3.63) is 13.8 Å². The third-order valence-electron chi connectivity index (χ3n) is 0.824. The van der Waals surface area contributed by atoms with Crippen molar-refractivity contribution in [2.75, 3.05) is 6.54 Å². The summed E-state index contributed by atoms with van der Waals surface area (Å²) >= 11 is 0. The number of nitrogens with zero attached hydrogens (tertiary/aromatic N) is 1. The average Bonchev–Trinajstić information content (AvgIpc) is 1.65. The summed E-state index contributed by atoms with van der Waals surface area (Å²) in [6.45, 7) is 10.3. The van der Waals surface area contributed by atoms with Crippen LogP contribution in [-0.2, 0) is 32.7 Å². The molecule has 2 atom stereocenters. The molecule has 0 aromatic carbocycles. The molecule has 3 heteroatoms. The van der Waals surface area contributed by atoms with Gasteiger partial charge in [-0.15, -0.1) is 12.6 Å². The zero-order valence-electron chi connectivity index (χ0n) is 5.30. The molecule has 0 aromatic rings. The van der Waals surface area contributed by atoms with Crippen LogP contribution in [-0.4, -0.2) is 17.3 Å². The Morgan fingerprint density at radius 2 is 2.12 bits per heavy atom.